The van der Waals surface area contributed by atoms with Gasteiger partial charge in [0, 0.05) is 60.6 Å². The van der Waals surface area contributed by atoms with Gasteiger partial charge in [0.1, 0.15) is 16.7 Å². The molecule has 4 aromatic rings. The fraction of sp³-hybridized carbons (Fsp3) is 0.576. The molecule has 2 fully saturated rings. The first-order valence-corrected chi connectivity index (χ1v) is 16.3. The quantitative estimate of drug-likeness (QED) is 0.139. The molecule has 0 aliphatic carbocycles. The van der Waals surface area contributed by atoms with E-state index >= 15 is 0 Å². The molecular weight excluding hydrogens is 655 g/mol. The summed E-state index contributed by atoms with van der Waals surface area (Å²) in [6.07, 6.45) is 7.50. The van der Waals surface area contributed by atoms with Gasteiger partial charge in [-0.25, -0.2) is 0 Å². The van der Waals surface area contributed by atoms with Crippen LogP contribution in [0.4, 0.5) is 33.5 Å². The Morgan fingerprint density at radius 1 is 0.800 bits per heavy atom. The minimum Gasteiger partial charge on any atom is -0.423 e. The number of nitro benzene ring substituents is 2. The highest BCUT2D eigenvalue weighted by Crippen LogP contribution is 2.36. The number of oxazole rings is 2. The van der Waals surface area contributed by atoms with E-state index < -0.39 is 16.4 Å². The molecule has 276 valence electrons. The van der Waals surface area contributed by atoms with Crippen molar-refractivity contribution < 1.29 is 32.5 Å². The van der Waals surface area contributed by atoms with Gasteiger partial charge in [-0.15, -0.1) is 0 Å². The number of hydrogen-bond donors (Lipinski definition) is 1. The van der Waals surface area contributed by atoms with E-state index in [1.807, 2.05) is 11.9 Å². The first kappa shape index (κ1) is 39.8. The van der Waals surface area contributed by atoms with E-state index in [-0.39, 0.29) is 35.2 Å². The topological polar surface area (TPSA) is 179 Å². The van der Waals surface area contributed by atoms with Gasteiger partial charge < -0.3 is 38.3 Å². The lowest BCUT2D eigenvalue weighted by atomic mass is 10.1. The van der Waals surface area contributed by atoms with Crippen LogP contribution in [-0.2, 0) is 9.47 Å². The molecule has 0 radical (unpaired) electrons. The number of methoxy groups -OCH3 is 2. The summed E-state index contributed by atoms with van der Waals surface area (Å²) in [7, 11) is 6.78. The van der Waals surface area contributed by atoms with Gasteiger partial charge >= 0.3 is 5.69 Å². The van der Waals surface area contributed by atoms with Crippen molar-refractivity contribution in [1.82, 2.24) is 15.3 Å². The van der Waals surface area contributed by atoms with Crippen molar-refractivity contribution in [2.45, 2.75) is 46.0 Å². The Hall–Kier alpha value is -4.61. The molecule has 2 aliphatic heterocycles. The number of likely N-dealkylation sites (N-methyl/N-ethyl adjacent to an activating group) is 2. The molecular formula is C33H49FN8O8. The standard InChI is InChI=1S/C16H22N4O4.C11H12FN3O4.C5H11N.CH4/c1-18(8-9-23-2)16-17-12-10-13(19-6-4-3-5-7-19)14(20(21)22)11-15(12)24-16;1-14(3-4-18-2)11-13-8-5-7(12)9(15(16)17)6-10(8)19-11;1-2-4-6-5-3-1;/h10-11H,3-9H2,1-2H3;5-6H,3-4H2,1-2H3;6H,1-5H2;1H4. The van der Waals surface area contributed by atoms with Crippen molar-refractivity contribution in [3.63, 3.8) is 0 Å². The predicted octanol–water partition coefficient (Wildman–Crippen LogP) is 6.16. The molecule has 17 heteroatoms. The van der Waals surface area contributed by atoms with Gasteiger partial charge in [-0.3, -0.25) is 20.2 Å². The maximum absolute atomic E-state index is 13.4. The van der Waals surface area contributed by atoms with E-state index in [1.165, 1.54) is 44.8 Å². The lowest BCUT2D eigenvalue weighted by Gasteiger charge is -2.28. The van der Waals surface area contributed by atoms with E-state index in [9.17, 15) is 24.6 Å². The van der Waals surface area contributed by atoms with Crippen LogP contribution in [0.15, 0.2) is 33.1 Å². The van der Waals surface area contributed by atoms with E-state index in [0.717, 1.165) is 38.1 Å². The molecule has 0 saturated carbocycles. The Morgan fingerprint density at radius 3 is 1.72 bits per heavy atom. The van der Waals surface area contributed by atoms with E-state index in [2.05, 4.69) is 20.2 Å². The number of rotatable bonds is 11. The second kappa shape index (κ2) is 19.5. The molecule has 50 heavy (non-hydrogen) atoms. The Labute approximate surface area is 290 Å². The molecule has 2 saturated heterocycles. The number of nitrogens with zero attached hydrogens (tertiary/aromatic N) is 7. The summed E-state index contributed by atoms with van der Waals surface area (Å²) in [5, 5.41) is 25.4. The van der Waals surface area contributed by atoms with Gasteiger partial charge in [-0.1, -0.05) is 13.8 Å². The number of ether oxygens (including phenoxy) is 2. The monoisotopic (exact) mass is 704 g/mol. The molecule has 2 aliphatic rings. The van der Waals surface area contributed by atoms with E-state index in [1.54, 1.807) is 32.2 Å². The zero-order valence-electron chi connectivity index (χ0n) is 28.5. The van der Waals surface area contributed by atoms with Crippen LogP contribution in [0.5, 0.6) is 0 Å². The highest BCUT2D eigenvalue weighted by Gasteiger charge is 2.25. The third-order valence-corrected chi connectivity index (χ3v) is 8.13. The van der Waals surface area contributed by atoms with Crippen molar-refractivity contribution in [3.05, 3.63) is 50.3 Å². The first-order valence-electron chi connectivity index (χ1n) is 16.3. The molecule has 6 rings (SSSR count). The molecule has 0 unspecified atom stereocenters. The number of benzene rings is 2. The second-order valence-corrected chi connectivity index (χ2v) is 11.8. The lowest BCUT2D eigenvalue weighted by Crippen LogP contribution is -2.29. The van der Waals surface area contributed by atoms with Crippen LogP contribution in [0, 0.1) is 26.0 Å². The van der Waals surface area contributed by atoms with E-state index in [4.69, 9.17) is 18.3 Å². The van der Waals surface area contributed by atoms with Gasteiger partial charge in [0.25, 0.3) is 17.7 Å². The van der Waals surface area contributed by atoms with Crippen LogP contribution >= 0.6 is 0 Å². The summed E-state index contributed by atoms with van der Waals surface area (Å²) >= 11 is 0. The number of aromatic nitrogens is 2. The number of piperidine rings is 2. The van der Waals surface area contributed by atoms with Gasteiger partial charge in [-0.2, -0.15) is 14.4 Å². The number of anilines is 3. The second-order valence-electron chi connectivity index (χ2n) is 11.8. The van der Waals surface area contributed by atoms with Gasteiger partial charge in [-0.05, 0) is 51.3 Å². The van der Waals surface area contributed by atoms with Crippen LogP contribution in [0.2, 0.25) is 0 Å². The van der Waals surface area contributed by atoms with Crippen molar-refractivity contribution in [2.24, 2.45) is 0 Å². The Kier molecular flexibility index (Phi) is 15.6. The van der Waals surface area contributed by atoms with Crippen molar-refractivity contribution in [3.8, 4) is 0 Å². The van der Waals surface area contributed by atoms with E-state index in [0.29, 0.717) is 49.1 Å². The van der Waals surface area contributed by atoms with Crippen LogP contribution in [0.25, 0.3) is 22.2 Å². The number of hydrogen-bond acceptors (Lipinski definition) is 14. The fourth-order valence-corrected chi connectivity index (χ4v) is 5.32. The van der Waals surface area contributed by atoms with Crippen molar-refractivity contribution in [2.75, 3.05) is 95.5 Å². The summed E-state index contributed by atoms with van der Waals surface area (Å²) in [5.74, 6) is -0.933. The number of nitrogens with one attached hydrogen (secondary N) is 1. The van der Waals surface area contributed by atoms with Crippen LogP contribution in [-0.4, -0.2) is 101 Å². The lowest BCUT2D eigenvalue weighted by molar-refractivity contribution is -0.387. The SMILES string of the molecule is C.C1CCNCC1.COCCN(C)c1nc2cc(F)c([N+](=O)[O-])cc2o1.COCCN(C)c1nc2cc(N3CCCCC3)c([N+](=O)[O-])cc2o1. The average molecular weight is 705 g/mol. The first-order chi connectivity index (χ1) is 23.6. The number of nitro groups is 2. The van der Waals surface area contributed by atoms with Crippen LogP contribution in [0.3, 0.4) is 0 Å². The maximum Gasteiger partial charge on any atom is 0.308 e. The summed E-state index contributed by atoms with van der Waals surface area (Å²) in [4.78, 5) is 35.1. The normalized spacial score (nSPS) is 14.2. The van der Waals surface area contributed by atoms with Gasteiger partial charge in [0.15, 0.2) is 11.2 Å². The molecule has 0 atom stereocenters. The summed E-state index contributed by atoms with van der Waals surface area (Å²) in [5.41, 5.74) is 1.56. The summed E-state index contributed by atoms with van der Waals surface area (Å²) in [6, 6.07) is 5.98. The molecule has 1 N–H and O–H groups in total. The predicted molar refractivity (Wildman–Crippen MR) is 191 cm³/mol. The van der Waals surface area contributed by atoms with Gasteiger partial charge in [0.05, 0.1) is 35.2 Å². The molecule has 4 heterocycles. The average Bonchev–Trinajstić information content (AvgIpc) is 3.74. The van der Waals surface area contributed by atoms with Gasteiger partial charge in [0.2, 0.25) is 5.82 Å². The van der Waals surface area contributed by atoms with Crippen molar-refractivity contribution >= 4 is 51.3 Å². The Morgan fingerprint density at radius 2 is 1.28 bits per heavy atom. The Balaban J connectivity index is 0.000000232. The van der Waals surface area contributed by atoms with Crippen LogP contribution in [0.1, 0.15) is 46.0 Å². The minimum atomic E-state index is -0.933. The highest BCUT2D eigenvalue weighted by atomic mass is 19.1. The molecule has 0 spiro atoms. The fourth-order valence-electron chi connectivity index (χ4n) is 5.32. The molecule has 16 nitrogen and oxygen atoms in total. The third-order valence-electron chi connectivity index (χ3n) is 8.13. The molecule has 0 amide bonds. The zero-order chi connectivity index (χ0) is 35.3. The summed E-state index contributed by atoms with van der Waals surface area (Å²) in [6.45, 7) is 6.37. The largest absolute Gasteiger partial charge is 0.423 e. The third kappa shape index (κ3) is 10.7. The highest BCUT2D eigenvalue weighted by molar-refractivity contribution is 5.85. The maximum atomic E-state index is 13.4. The minimum absolute atomic E-state index is 0. The summed E-state index contributed by atoms with van der Waals surface area (Å²) < 4.78 is 34.5. The zero-order valence-corrected chi connectivity index (χ0v) is 28.5. The smallest absolute Gasteiger partial charge is 0.308 e. The number of halogens is 1. The molecule has 2 aromatic heterocycles. The molecule has 0 bridgehead atoms. The van der Waals surface area contributed by atoms with Crippen molar-refractivity contribution in [1.29, 1.82) is 0 Å². The van der Waals surface area contributed by atoms with Crippen LogP contribution < -0.4 is 20.0 Å². The molecule has 2 aromatic carbocycles. The Bertz CT molecular complexity index is 1660. The number of fused-ring (bicyclic) bond motifs is 2.